The maximum absolute atomic E-state index is 13.0. The molecule has 0 saturated heterocycles. The summed E-state index contributed by atoms with van der Waals surface area (Å²) >= 11 is 0. The molecule has 164 valence electrons. The molecule has 0 aromatic heterocycles. The lowest BCUT2D eigenvalue weighted by atomic mass is 9.90. The van der Waals surface area contributed by atoms with Crippen molar-refractivity contribution in [1.29, 1.82) is 0 Å². The van der Waals surface area contributed by atoms with E-state index in [1.807, 2.05) is 121 Å². The normalized spacial score (nSPS) is 12.7. The average Bonchev–Trinajstić information content (AvgIpc) is 2.91. The first kappa shape index (κ1) is 21.0. The smallest absolute Gasteiger partial charge is 0.241 e. The Kier molecular flexibility index (Phi) is 5.78. The van der Waals surface area contributed by atoms with Gasteiger partial charge < -0.3 is 0 Å². The quantitative estimate of drug-likeness (QED) is 0.367. The number of ketones is 2. The van der Waals surface area contributed by atoms with Crippen molar-refractivity contribution < 1.29 is 9.59 Å². The Labute approximate surface area is 197 Å². The minimum atomic E-state index is -0.487. The highest BCUT2D eigenvalue weighted by atomic mass is 16.2. The van der Waals surface area contributed by atoms with Crippen LogP contribution in [0.5, 0.6) is 0 Å². The van der Waals surface area contributed by atoms with Crippen molar-refractivity contribution in [2.24, 2.45) is 10.2 Å². The van der Waals surface area contributed by atoms with Crippen LogP contribution in [0, 0.1) is 0 Å². The number of nitrogens with zero attached hydrogens (tertiary/aromatic N) is 4. The Hall–Kier alpha value is -4.84. The van der Waals surface area contributed by atoms with E-state index in [4.69, 9.17) is 0 Å². The largest absolute Gasteiger partial charge is 0.285 e. The molecule has 1 aliphatic rings. The molecule has 0 N–H and O–H groups in total. The zero-order valence-corrected chi connectivity index (χ0v) is 18.2. The molecule has 1 aliphatic carbocycles. The number of benzene rings is 4. The zero-order chi connectivity index (χ0) is 23.3. The van der Waals surface area contributed by atoms with E-state index in [2.05, 4.69) is 10.2 Å². The summed E-state index contributed by atoms with van der Waals surface area (Å²) in [7, 11) is 0. The molecular formula is C28H20N4O2. The van der Waals surface area contributed by atoms with E-state index in [0.29, 0.717) is 0 Å². The highest BCUT2D eigenvalue weighted by molar-refractivity contribution is 7.10. The van der Waals surface area contributed by atoms with Crippen LogP contribution in [-0.4, -0.2) is 23.0 Å². The zero-order valence-electron chi connectivity index (χ0n) is 18.2. The van der Waals surface area contributed by atoms with Gasteiger partial charge in [-0.1, -0.05) is 72.8 Å². The van der Waals surface area contributed by atoms with Gasteiger partial charge in [-0.25, -0.2) is 10.0 Å². The summed E-state index contributed by atoms with van der Waals surface area (Å²) in [5, 5.41) is 12.1. The van der Waals surface area contributed by atoms with Crippen molar-refractivity contribution in [3.63, 3.8) is 0 Å². The monoisotopic (exact) mass is 444 g/mol. The van der Waals surface area contributed by atoms with Gasteiger partial charge >= 0.3 is 0 Å². The van der Waals surface area contributed by atoms with Crippen LogP contribution in [0.3, 0.4) is 0 Å². The van der Waals surface area contributed by atoms with E-state index < -0.39 is 11.6 Å². The van der Waals surface area contributed by atoms with Crippen LogP contribution in [0.1, 0.15) is 0 Å². The third kappa shape index (κ3) is 4.12. The van der Waals surface area contributed by atoms with Gasteiger partial charge in [-0.15, -0.1) is 0 Å². The van der Waals surface area contributed by atoms with E-state index >= 15 is 0 Å². The summed E-state index contributed by atoms with van der Waals surface area (Å²) < 4.78 is 0. The van der Waals surface area contributed by atoms with Crippen molar-refractivity contribution >= 4 is 45.7 Å². The minimum Gasteiger partial charge on any atom is -0.285 e. The molecule has 6 heteroatoms. The summed E-state index contributed by atoms with van der Waals surface area (Å²) in [5.74, 6) is -0.975. The van der Waals surface area contributed by atoms with Gasteiger partial charge in [0, 0.05) is 0 Å². The van der Waals surface area contributed by atoms with Crippen molar-refractivity contribution in [2.75, 3.05) is 10.0 Å². The second-order valence-electron chi connectivity index (χ2n) is 7.52. The highest BCUT2D eigenvalue weighted by Crippen LogP contribution is 2.28. The Morgan fingerprint density at radius 1 is 0.382 bits per heavy atom. The Bertz CT molecular complexity index is 1170. The van der Waals surface area contributed by atoms with E-state index in [1.165, 1.54) is 0 Å². The van der Waals surface area contributed by atoms with E-state index in [-0.39, 0.29) is 11.4 Å². The summed E-state index contributed by atoms with van der Waals surface area (Å²) in [6, 6.07) is 37.5. The van der Waals surface area contributed by atoms with Gasteiger partial charge in [0.25, 0.3) is 0 Å². The third-order valence-corrected chi connectivity index (χ3v) is 5.26. The maximum atomic E-state index is 13.0. The molecule has 4 aromatic carbocycles. The van der Waals surface area contributed by atoms with Crippen LogP contribution in [0.2, 0.25) is 0 Å². The fourth-order valence-corrected chi connectivity index (χ4v) is 3.56. The summed E-state index contributed by atoms with van der Waals surface area (Å²) in [4.78, 5) is 26.1. The molecule has 0 amide bonds. The minimum absolute atomic E-state index is 0.146. The van der Waals surface area contributed by atoms with Gasteiger partial charge in [0.2, 0.25) is 11.6 Å². The van der Waals surface area contributed by atoms with Crippen LogP contribution in [0.15, 0.2) is 132 Å². The molecule has 0 heterocycles. The predicted octanol–water partition coefficient (Wildman–Crippen LogP) is 5.53. The number of carbonyl (C=O) groups excluding carboxylic acids is 2. The van der Waals surface area contributed by atoms with E-state index in [9.17, 15) is 9.59 Å². The lowest BCUT2D eigenvalue weighted by molar-refractivity contribution is -0.115. The lowest BCUT2D eigenvalue weighted by Gasteiger charge is -2.25. The van der Waals surface area contributed by atoms with E-state index in [0.717, 1.165) is 22.7 Å². The van der Waals surface area contributed by atoms with Gasteiger partial charge in [0.1, 0.15) is 0 Å². The molecule has 0 aliphatic heterocycles. The molecular weight excluding hydrogens is 424 g/mol. The van der Waals surface area contributed by atoms with E-state index in [1.54, 1.807) is 10.0 Å². The molecule has 1 fully saturated rings. The van der Waals surface area contributed by atoms with Gasteiger partial charge in [-0.05, 0) is 48.5 Å². The molecule has 0 bridgehead atoms. The maximum Gasteiger partial charge on any atom is 0.241 e. The van der Waals surface area contributed by atoms with Gasteiger partial charge in [0.05, 0.1) is 22.7 Å². The molecule has 34 heavy (non-hydrogen) atoms. The molecule has 4 aromatic rings. The van der Waals surface area contributed by atoms with Crippen molar-refractivity contribution in [1.82, 2.24) is 0 Å². The molecule has 0 radical (unpaired) electrons. The predicted molar refractivity (Wildman–Crippen MR) is 135 cm³/mol. The van der Waals surface area contributed by atoms with Crippen LogP contribution in [0.25, 0.3) is 0 Å². The fourth-order valence-electron chi connectivity index (χ4n) is 3.56. The van der Waals surface area contributed by atoms with Crippen molar-refractivity contribution in [2.45, 2.75) is 0 Å². The Morgan fingerprint density at radius 3 is 0.853 bits per heavy atom. The third-order valence-electron chi connectivity index (χ3n) is 5.26. The number of hydrazone groups is 2. The lowest BCUT2D eigenvalue weighted by Crippen LogP contribution is -2.51. The SMILES string of the molecule is O=C1C(=NN(c2ccccc2)c2ccccc2)C(=O)C1=NN(c1ccccc1)c1ccccc1. The second kappa shape index (κ2) is 9.34. The number of rotatable bonds is 6. The Balaban J connectivity index is 1.51. The molecule has 1 saturated carbocycles. The number of hydrogen-bond donors (Lipinski definition) is 0. The first-order valence-corrected chi connectivity index (χ1v) is 10.8. The van der Waals surface area contributed by atoms with Gasteiger partial charge in [0.15, 0.2) is 11.4 Å². The van der Waals surface area contributed by atoms with Crippen molar-refractivity contribution in [3.8, 4) is 0 Å². The number of carbonyl (C=O) groups is 2. The first-order chi connectivity index (χ1) is 16.7. The van der Waals surface area contributed by atoms with Gasteiger partial charge in [-0.2, -0.15) is 10.2 Å². The number of Topliss-reactive ketones (excluding diaryl/α,β-unsaturated/α-hetero) is 2. The molecule has 5 rings (SSSR count). The first-order valence-electron chi connectivity index (χ1n) is 10.8. The number of hydrogen-bond acceptors (Lipinski definition) is 6. The summed E-state index contributed by atoms with van der Waals surface area (Å²) in [6.07, 6.45) is 0. The molecule has 0 unspecified atom stereocenters. The second-order valence-corrected chi connectivity index (χ2v) is 7.52. The molecule has 6 nitrogen and oxygen atoms in total. The van der Waals surface area contributed by atoms with Crippen LogP contribution < -0.4 is 10.0 Å². The van der Waals surface area contributed by atoms with Crippen molar-refractivity contribution in [3.05, 3.63) is 121 Å². The van der Waals surface area contributed by atoms with Crippen LogP contribution >= 0.6 is 0 Å². The molecule has 0 atom stereocenters. The highest BCUT2D eigenvalue weighted by Gasteiger charge is 2.44. The van der Waals surface area contributed by atoms with Gasteiger partial charge in [-0.3, -0.25) is 9.59 Å². The summed E-state index contributed by atoms with van der Waals surface area (Å²) in [6.45, 7) is 0. The fraction of sp³-hybridized carbons (Fsp3) is 0. The number of anilines is 4. The topological polar surface area (TPSA) is 65.3 Å². The summed E-state index contributed by atoms with van der Waals surface area (Å²) in [5.41, 5.74) is 2.66. The average molecular weight is 444 g/mol. The molecule has 0 spiro atoms. The standard InChI is InChI=1S/C28H20N4O2/c33-27-25(29-31(21-13-5-1-6-14-21)22-15-7-2-8-16-22)28(34)26(27)30-32(23-17-9-3-10-18-23)24-19-11-4-12-20-24/h1-20H. The Morgan fingerprint density at radius 2 is 0.618 bits per heavy atom. The van der Waals surface area contributed by atoms with Crippen LogP contribution in [-0.2, 0) is 9.59 Å². The van der Waals surface area contributed by atoms with Crippen LogP contribution in [0.4, 0.5) is 22.7 Å². The number of para-hydroxylation sites is 4.